The fraction of sp³-hybridized carbons (Fsp3) is 0.133. The van der Waals surface area contributed by atoms with Crippen molar-refractivity contribution < 1.29 is 9.72 Å². The zero-order valence-electron chi connectivity index (χ0n) is 11.7. The summed E-state index contributed by atoms with van der Waals surface area (Å²) in [4.78, 5) is 22.8. The lowest BCUT2D eigenvalue weighted by molar-refractivity contribution is -0.384. The van der Waals surface area contributed by atoms with Gasteiger partial charge in [0.2, 0.25) is 5.91 Å². The number of amides is 1. The Bertz CT molecular complexity index is 704. The molecule has 5 nitrogen and oxygen atoms in total. The summed E-state index contributed by atoms with van der Waals surface area (Å²) in [6, 6.07) is 11.4. The van der Waals surface area contributed by atoms with Crippen molar-refractivity contribution in [2.45, 2.75) is 11.8 Å². The summed E-state index contributed by atoms with van der Waals surface area (Å²) in [5.41, 5.74) is 1.62. The Labute approximate surface area is 136 Å². The van der Waals surface area contributed by atoms with Crippen LogP contribution in [0.1, 0.15) is 5.56 Å². The highest BCUT2D eigenvalue weighted by molar-refractivity contribution is 8.00. The predicted octanol–water partition coefficient (Wildman–Crippen LogP) is 4.29. The molecule has 7 heteroatoms. The maximum Gasteiger partial charge on any atom is 0.269 e. The molecule has 0 fully saturated rings. The van der Waals surface area contributed by atoms with Gasteiger partial charge in [-0.05, 0) is 36.8 Å². The van der Waals surface area contributed by atoms with E-state index in [1.54, 1.807) is 24.3 Å². The Kier molecular flexibility index (Phi) is 5.41. The molecule has 0 saturated carbocycles. The Morgan fingerprint density at radius 3 is 2.55 bits per heavy atom. The summed E-state index contributed by atoms with van der Waals surface area (Å²) in [7, 11) is 0. The molecule has 0 aliphatic carbocycles. The third kappa shape index (κ3) is 4.47. The molecule has 0 spiro atoms. The van der Waals surface area contributed by atoms with Crippen LogP contribution in [0.25, 0.3) is 0 Å². The number of carbonyl (C=O) groups excluding carboxylic acids is 1. The number of benzene rings is 2. The van der Waals surface area contributed by atoms with Crippen molar-refractivity contribution in [3.05, 3.63) is 63.2 Å². The van der Waals surface area contributed by atoms with Crippen molar-refractivity contribution in [1.82, 2.24) is 0 Å². The Morgan fingerprint density at radius 1 is 1.27 bits per heavy atom. The fourth-order valence-corrected chi connectivity index (χ4v) is 2.56. The molecule has 0 aromatic heterocycles. The largest absolute Gasteiger partial charge is 0.325 e. The highest BCUT2D eigenvalue weighted by atomic mass is 35.5. The van der Waals surface area contributed by atoms with Gasteiger partial charge in [0, 0.05) is 27.7 Å². The van der Waals surface area contributed by atoms with E-state index in [0.29, 0.717) is 10.7 Å². The van der Waals surface area contributed by atoms with Crippen molar-refractivity contribution in [2.24, 2.45) is 0 Å². The van der Waals surface area contributed by atoms with Crippen molar-refractivity contribution in [3.8, 4) is 0 Å². The molecule has 0 saturated heterocycles. The third-order valence-corrected chi connectivity index (χ3v) is 4.29. The Morgan fingerprint density at radius 2 is 1.95 bits per heavy atom. The average Bonchev–Trinajstić information content (AvgIpc) is 2.49. The normalized spacial score (nSPS) is 10.3. The minimum Gasteiger partial charge on any atom is -0.325 e. The second-order valence-electron chi connectivity index (χ2n) is 4.55. The topological polar surface area (TPSA) is 72.2 Å². The number of hydrogen-bond acceptors (Lipinski definition) is 4. The first-order valence-corrected chi connectivity index (χ1v) is 7.75. The maximum absolute atomic E-state index is 11.9. The number of aryl methyl sites for hydroxylation is 1. The molecule has 2 aromatic carbocycles. The molecule has 0 aliphatic heterocycles. The van der Waals surface area contributed by atoms with Crippen LogP contribution in [0.4, 0.5) is 11.4 Å². The first-order valence-electron chi connectivity index (χ1n) is 6.39. The lowest BCUT2D eigenvalue weighted by atomic mass is 10.2. The predicted molar refractivity (Wildman–Crippen MR) is 88.6 cm³/mol. The van der Waals surface area contributed by atoms with E-state index in [4.69, 9.17) is 11.6 Å². The summed E-state index contributed by atoms with van der Waals surface area (Å²) in [5, 5.41) is 13.9. The van der Waals surface area contributed by atoms with E-state index in [9.17, 15) is 14.9 Å². The SMILES string of the molecule is Cc1ccc(NC(=O)CSc2ccc([N+](=O)[O-])cc2)cc1Cl. The molecule has 2 rings (SSSR count). The monoisotopic (exact) mass is 336 g/mol. The molecule has 0 heterocycles. The van der Waals surface area contributed by atoms with Gasteiger partial charge in [-0.15, -0.1) is 11.8 Å². The van der Waals surface area contributed by atoms with Crippen molar-refractivity contribution >= 4 is 40.6 Å². The maximum atomic E-state index is 11.9. The number of halogens is 1. The van der Waals surface area contributed by atoms with Crippen LogP contribution >= 0.6 is 23.4 Å². The molecular weight excluding hydrogens is 324 g/mol. The van der Waals surface area contributed by atoms with E-state index in [1.807, 2.05) is 13.0 Å². The molecule has 0 bridgehead atoms. The number of nitro groups is 1. The van der Waals surface area contributed by atoms with Crippen LogP contribution in [0.2, 0.25) is 5.02 Å². The number of thioether (sulfide) groups is 1. The highest BCUT2D eigenvalue weighted by Crippen LogP contribution is 2.23. The van der Waals surface area contributed by atoms with Crippen LogP contribution in [0.5, 0.6) is 0 Å². The Hall–Kier alpha value is -2.05. The average molecular weight is 337 g/mol. The lowest BCUT2D eigenvalue weighted by Gasteiger charge is -2.07. The Balaban J connectivity index is 1.89. The van der Waals surface area contributed by atoms with Gasteiger partial charge in [0.15, 0.2) is 0 Å². The minimum atomic E-state index is -0.456. The molecule has 2 aromatic rings. The van der Waals surface area contributed by atoms with Crippen LogP contribution < -0.4 is 5.32 Å². The van der Waals surface area contributed by atoms with E-state index < -0.39 is 4.92 Å². The number of anilines is 1. The van der Waals surface area contributed by atoms with Crippen LogP contribution in [-0.2, 0) is 4.79 Å². The van der Waals surface area contributed by atoms with E-state index >= 15 is 0 Å². The first kappa shape index (κ1) is 16.3. The zero-order chi connectivity index (χ0) is 16.1. The van der Waals surface area contributed by atoms with Gasteiger partial charge in [0.05, 0.1) is 10.7 Å². The number of hydrogen-bond donors (Lipinski definition) is 1. The van der Waals surface area contributed by atoms with E-state index in [2.05, 4.69) is 5.32 Å². The molecule has 0 atom stereocenters. The van der Waals surface area contributed by atoms with Gasteiger partial charge < -0.3 is 5.32 Å². The summed E-state index contributed by atoms with van der Waals surface area (Å²) < 4.78 is 0. The molecule has 0 aliphatic rings. The van der Waals surface area contributed by atoms with Gasteiger partial charge in [-0.25, -0.2) is 0 Å². The summed E-state index contributed by atoms with van der Waals surface area (Å²) in [5.74, 6) is 0.0480. The number of nitrogens with zero attached hydrogens (tertiary/aromatic N) is 1. The quantitative estimate of drug-likeness (QED) is 0.502. The number of nitro benzene ring substituents is 1. The zero-order valence-corrected chi connectivity index (χ0v) is 13.3. The van der Waals surface area contributed by atoms with Gasteiger partial charge in [-0.3, -0.25) is 14.9 Å². The van der Waals surface area contributed by atoms with Crippen molar-refractivity contribution in [3.63, 3.8) is 0 Å². The van der Waals surface area contributed by atoms with Crippen LogP contribution in [0, 0.1) is 17.0 Å². The number of nitrogens with one attached hydrogen (secondary N) is 1. The number of carbonyl (C=O) groups is 1. The smallest absolute Gasteiger partial charge is 0.269 e. The van der Waals surface area contributed by atoms with E-state index in [-0.39, 0.29) is 17.3 Å². The molecular formula is C15H13ClN2O3S. The van der Waals surface area contributed by atoms with Gasteiger partial charge >= 0.3 is 0 Å². The fourth-order valence-electron chi connectivity index (χ4n) is 1.68. The third-order valence-electron chi connectivity index (χ3n) is 2.87. The van der Waals surface area contributed by atoms with Gasteiger partial charge in [0.1, 0.15) is 0 Å². The second-order valence-corrected chi connectivity index (χ2v) is 6.01. The molecule has 0 radical (unpaired) electrons. The molecule has 1 N–H and O–H groups in total. The highest BCUT2D eigenvalue weighted by Gasteiger charge is 2.07. The van der Waals surface area contributed by atoms with Gasteiger partial charge in [0.25, 0.3) is 5.69 Å². The van der Waals surface area contributed by atoms with Gasteiger partial charge in [-0.1, -0.05) is 17.7 Å². The van der Waals surface area contributed by atoms with E-state index in [0.717, 1.165) is 10.5 Å². The van der Waals surface area contributed by atoms with E-state index in [1.165, 1.54) is 23.9 Å². The number of non-ortho nitro benzene ring substituents is 1. The standard InChI is InChI=1S/C15H13ClN2O3S/c1-10-2-3-11(8-14(10)16)17-15(19)9-22-13-6-4-12(5-7-13)18(20)21/h2-8H,9H2,1H3,(H,17,19). The molecule has 1 amide bonds. The van der Waals surface area contributed by atoms with Crippen LogP contribution in [0.15, 0.2) is 47.4 Å². The minimum absolute atomic E-state index is 0.0306. The van der Waals surface area contributed by atoms with Crippen LogP contribution in [-0.4, -0.2) is 16.6 Å². The summed E-state index contributed by atoms with van der Waals surface area (Å²) >= 11 is 7.31. The summed E-state index contributed by atoms with van der Waals surface area (Å²) in [6.45, 7) is 1.89. The van der Waals surface area contributed by atoms with Crippen molar-refractivity contribution in [1.29, 1.82) is 0 Å². The summed E-state index contributed by atoms with van der Waals surface area (Å²) in [6.07, 6.45) is 0. The number of rotatable bonds is 5. The van der Waals surface area contributed by atoms with Crippen molar-refractivity contribution in [2.75, 3.05) is 11.1 Å². The first-order chi connectivity index (χ1) is 10.5. The van der Waals surface area contributed by atoms with Gasteiger partial charge in [-0.2, -0.15) is 0 Å². The molecule has 22 heavy (non-hydrogen) atoms. The lowest BCUT2D eigenvalue weighted by Crippen LogP contribution is -2.13. The molecule has 0 unspecified atom stereocenters. The van der Waals surface area contributed by atoms with Crippen LogP contribution in [0.3, 0.4) is 0 Å². The molecule has 114 valence electrons. The second kappa shape index (κ2) is 7.29.